The van der Waals surface area contributed by atoms with E-state index in [-0.39, 0.29) is 5.56 Å². The lowest BCUT2D eigenvalue weighted by molar-refractivity contribution is 0.567. The molecule has 0 aliphatic carbocycles. The van der Waals surface area contributed by atoms with Gasteiger partial charge in [0.25, 0.3) is 5.56 Å². The lowest BCUT2D eigenvalue weighted by atomic mass is 10.0. The molecule has 0 bridgehead atoms. The lowest BCUT2D eigenvalue weighted by Gasteiger charge is -2.21. The zero-order valence-corrected chi connectivity index (χ0v) is 14.5. The van der Waals surface area contributed by atoms with Crippen LogP contribution in [0, 0.1) is 5.92 Å². The van der Waals surface area contributed by atoms with Crippen molar-refractivity contribution in [2.24, 2.45) is 13.0 Å². The van der Waals surface area contributed by atoms with Crippen LogP contribution in [0.15, 0.2) is 53.1 Å². The predicted octanol–water partition coefficient (Wildman–Crippen LogP) is 3.45. The summed E-state index contributed by atoms with van der Waals surface area (Å²) in [5.74, 6) is 0.976. The molecule has 0 atom stereocenters. The largest absolute Gasteiger partial charge is 0.351 e. The van der Waals surface area contributed by atoms with Crippen molar-refractivity contribution in [3.05, 3.63) is 64.4 Å². The normalized spacial score (nSPS) is 14.1. The van der Waals surface area contributed by atoms with E-state index in [9.17, 15) is 4.79 Å². The van der Waals surface area contributed by atoms with Crippen LogP contribution in [0.1, 0.15) is 39.3 Å². The summed E-state index contributed by atoms with van der Waals surface area (Å²) in [5.41, 5.74) is 3.30. The molecule has 0 unspecified atom stereocenters. The first-order valence-electron chi connectivity index (χ1n) is 7.58. The Labute approximate surface area is 133 Å². The standard InChI is InChI=1S/C10H15N.C8H12N2O/c1-8(2)10-6-5-9(3)11(4)7-10;1-6(2)7-4-5-8(11)10(3)9-7/h5-8H,3H2,1-2,4H3;4-6H,1-3H3. The van der Waals surface area contributed by atoms with Crippen molar-refractivity contribution in [3.8, 4) is 0 Å². The number of aryl methyl sites for hydroxylation is 1. The molecular formula is C18H27N3O. The fourth-order valence-corrected chi connectivity index (χ4v) is 1.83. The number of allylic oxidation sites excluding steroid dienone is 3. The fraction of sp³-hybridized carbons (Fsp3) is 0.444. The highest BCUT2D eigenvalue weighted by Gasteiger charge is 2.06. The molecule has 4 nitrogen and oxygen atoms in total. The molecule has 0 N–H and O–H groups in total. The van der Waals surface area contributed by atoms with Crippen LogP contribution in [-0.2, 0) is 7.05 Å². The van der Waals surface area contributed by atoms with Crippen LogP contribution >= 0.6 is 0 Å². The summed E-state index contributed by atoms with van der Waals surface area (Å²) in [4.78, 5) is 12.9. The van der Waals surface area contributed by atoms with Crippen molar-refractivity contribution in [2.45, 2.75) is 33.6 Å². The number of hydrogen-bond acceptors (Lipinski definition) is 3. The molecule has 22 heavy (non-hydrogen) atoms. The van der Waals surface area contributed by atoms with Crippen molar-refractivity contribution < 1.29 is 0 Å². The van der Waals surface area contributed by atoms with Crippen LogP contribution in [0.25, 0.3) is 0 Å². The van der Waals surface area contributed by atoms with Gasteiger partial charge >= 0.3 is 0 Å². The topological polar surface area (TPSA) is 38.1 Å². The van der Waals surface area contributed by atoms with Gasteiger partial charge in [0.05, 0.1) is 5.69 Å². The van der Waals surface area contributed by atoms with Crippen LogP contribution in [0.3, 0.4) is 0 Å². The first-order valence-corrected chi connectivity index (χ1v) is 7.58. The second-order valence-electron chi connectivity index (χ2n) is 6.09. The average molecular weight is 301 g/mol. The maximum atomic E-state index is 10.9. The number of likely N-dealkylation sites (N-methyl/N-ethyl adjacent to an activating group) is 1. The minimum Gasteiger partial charge on any atom is -0.351 e. The second kappa shape index (κ2) is 7.78. The van der Waals surface area contributed by atoms with Gasteiger partial charge in [-0.15, -0.1) is 0 Å². The molecule has 0 aromatic carbocycles. The quantitative estimate of drug-likeness (QED) is 0.840. The van der Waals surface area contributed by atoms with Crippen LogP contribution in [-0.4, -0.2) is 21.7 Å². The van der Waals surface area contributed by atoms with Crippen LogP contribution in [0.5, 0.6) is 0 Å². The SMILES string of the molecule is C=C1C=CC(C(C)C)=CN1C.CC(C)c1ccc(=O)n(C)n1. The maximum absolute atomic E-state index is 10.9. The minimum absolute atomic E-state index is 0.0607. The van der Waals surface area contributed by atoms with Crippen molar-refractivity contribution in [3.63, 3.8) is 0 Å². The van der Waals surface area contributed by atoms with Crippen molar-refractivity contribution >= 4 is 0 Å². The molecule has 1 aliphatic rings. The molecule has 2 rings (SSSR count). The first-order chi connectivity index (χ1) is 10.2. The Bertz CT molecular complexity index is 636. The van der Waals surface area contributed by atoms with E-state index in [2.05, 4.69) is 48.8 Å². The predicted molar refractivity (Wildman–Crippen MR) is 92.5 cm³/mol. The van der Waals surface area contributed by atoms with Gasteiger partial charge in [0, 0.05) is 32.1 Å². The molecule has 2 heterocycles. The Balaban J connectivity index is 0.000000220. The molecule has 0 radical (unpaired) electrons. The molecule has 0 spiro atoms. The van der Waals surface area contributed by atoms with Gasteiger partial charge in [-0.3, -0.25) is 4.79 Å². The van der Waals surface area contributed by atoms with Crippen LogP contribution in [0.4, 0.5) is 0 Å². The summed E-state index contributed by atoms with van der Waals surface area (Å²) in [6.45, 7) is 12.4. The van der Waals surface area contributed by atoms with Gasteiger partial charge in [-0.2, -0.15) is 5.10 Å². The van der Waals surface area contributed by atoms with E-state index < -0.39 is 0 Å². The van der Waals surface area contributed by atoms with Gasteiger partial charge in [-0.1, -0.05) is 40.3 Å². The van der Waals surface area contributed by atoms with E-state index in [1.54, 1.807) is 19.2 Å². The zero-order valence-electron chi connectivity index (χ0n) is 14.5. The molecule has 1 aromatic heterocycles. The van der Waals surface area contributed by atoms with Gasteiger partial charge in [-0.05, 0) is 29.6 Å². The Hall–Kier alpha value is -2.10. The van der Waals surface area contributed by atoms with Crippen LogP contribution in [0.2, 0.25) is 0 Å². The van der Waals surface area contributed by atoms with E-state index in [1.807, 2.05) is 20.9 Å². The van der Waals surface area contributed by atoms with Gasteiger partial charge in [0.2, 0.25) is 0 Å². The summed E-state index contributed by atoms with van der Waals surface area (Å²) < 4.78 is 1.36. The van der Waals surface area contributed by atoms with Crippen molar-refractivity contribution in [2.75, 3.05) is 7.05 Å². The smallest absolute Gasteiger partial charge is 0.266 e. The minimum atomic E-state index is -0.0607. The van der Waals surface area contributed by atoms with E-state index in [4.69, 9.17) is 0 Å². The monoisotopic (exact) mass is 301 g/mol. The first kappa shape index (κ1) is 18.0. The van der Waals surface area contributed by atoms with E-state index in [0.717, 1.165) is 11.4 Å². The van der Waals surface area contributed by atoms with Gasteiger partial charge in [0.1, 0.15) is 0 Å². The molecule has 0 saturated heterocycles. The zero-order chi connectivity index (χ0) is 16.9. The van der Waals surface area contributed by atoms with Gasteiger partial charge < -0.3 is 4.90 Å². The van der Waals surface area contributed by atoms with Crippen molar-refractivity contribution in [1.82, 2.24) is 14.7 Å². The number of rotatable bonds is 2. The van der Waals surface area contributed by atoms with E-state index in [0.29, 0.717) is 11.8 Å². The van der Waals surface area contributed by atoms with E-state index >= 15 is 0 Å². The molecule has 4 heteroatoms. The number of aromatic nitrogens is 2. The third kappa shape index (κ3) is 5.02. The third-order valence-electron chi connectivity index (χ3n) is 3.50. The van der Waals surface area contributed by atoms with Gasteiger partial charge in [0.15, 0.2) is 0 Å². The van der Waals surface area contributed by atoms with E-state index in [1.165, 1.54) is 10.3 Å². The molecule has 1 aliphatic heterocycles. The highest BCUT2D eigenvalue weighted by atomic mass is 16.1. The second-order valence-corrected chi connectivity index (χ2v) is 6.09. The maximum Gasteiger partial charge on any atom is 0.266 e. The van der Waals surface area contributed by atoms with Crippen LogP contribution < -0.4 is 5.56 Å². The Morgan fingerprint density at radius 2 is 1.68 bits per heavy atom. The molecule has 0 fully saturated rings. The highest BCUT2D eigenvalue weighted by Crippen LogP contribution is 2.19. The third-order valence-corrected chi connectivity index (χ3v) is 3.50. The number of nitrogens with zero attached hydrogens (tertiary/aromatic N) is 3. The fourth-order valence-electron chi connectivity index (χ4n) is 1.83. The Morgan fingerprint density at radius 1 is 1.05 bits per heavy atom. The number of hydrogen-bond donors (Lipinski definition) is 0. The lowest BCUT2D eigenvalue weighted by Crippen LogP contribution is -2.19. The summed E-state index contributed by atoms with van der Waals surface area (Å²) in [5, 5.41) is 4.08. The molecule has 1 aromatic rings. The Kier molecular flexibility index (Phi) is 6.35. The average Bonchev–Trinajstić information content (AvgIpc) is 2.45. The molecule has 0 saturated carbocycles. The summed E-state index contributed by atoms with van der Waals surface area (Å²) >= 11 is 0. The summed E-state index contributed by atoms with van der Waals surface area (Å²) in [7, 11) is 3.68. The summed E-state index contributed by atoms with van der Waals surface area (Å²) in [6.07, 6.45) is 6.31. The Morgan fingerprint density at radius 3 is 2.14 bits per heavy atom. The van der Waals surface area contributed by atoms with Gasteiger partial charge in [-0.25, -0.2) is 4.68 Å². The molecular weight excluding hydrogens is 274 g/mol. The van der Waals surface area contributed by atoms with Crippen molar-refractivity contribution in [1.29, 1.82) is 0 Å². The highest BCUT2D eigenvalue weighted by molar-refractivity contribution is 5.32. The summed E-state index contributed by atoms with van der Waals surface area (Å²) in [6, 6.07) is 3.31. The molecule has 120 valence electrons. The molecule has 0 amide bonds.